The zero-order chi connectivity index (χ0) is 13.4. The number of nitrogens with two attached hydrogens (primary N) is 1. The molecule has 3 N–H and O–H groups in total. The number of nitrogens with one attached hydrogen (secondary N) is 1. The van der Waals surface area contributed by atoms with Gasteiger partial charge in [-0.05, 0) is 46.6 Å². The summed E-state index contributed by atoms with van der Waals surface area (Å²) >= 11 is 5.13. The van der Waals surface area contributed by atoms with Crippen molar-refractivity contribution in [1.29, 1.82) is 0 Å². The summed E-state index contributed by atoms with van der Waals surface area (Å²) in [5, 5.41) is 3.29. The number of pyridine rings is 1. The molecule has 0 radical (unpaired) electrons. The van der Waals surface area contributed by atoms with Gasteiger partial charge in [-0.1, -0.05) is 0 Å². The minimum atomic E-state index is 0.676. The summed E-state index contributed by atoms with van der Waals surface area (Å²) in [7, 11) is 0. The molecule has 0 fully saturated rings. The van der Waals surface area contributed by atoms with Crippen molar-refractivity contribution in [2.45, 2.75) is 6.92 Å². The maximum atomic E-state index is 5.82. The standard InChI is InChI=1S/C13H11BrN4S/c1-7-9(15)5-16-13(12(7)14)18-8-2-3-10-11(4-8)19-6-17-10/h2-6H,15H2,1H3,(H,16,18). The highest BCUT2D eigenvalue weighted by molar-refractivity contribution is 9.10. The number of nitrogens with zero attached hydrogens (tertiary/aromatic N) is 2. The van der Waals surface area contributed by atoms with Gasteiger partial charge in [-0.15, -0.1) is 11.3 Å². The van der Waals surface area contributed by atoms with Crippen LogP contribution in [0.15, 0.2) is 34.4 Å². The van der Waals surface area contributed by atoms with Gasteiger partial charge in [0.1, 0.15) is 5.82 Å². The smallest absolute Gasteiger partial charge is 0.145 e. The van der Waals surface area contributed by atoms with E-state index >= 15 is 0 Å². The third-order valence-corrected chi connectivity index (χ3v) is 4.66. The molecule has 19 heavy (non-hydrogen) atoms. The molecule has 0 saturated carbocycles. The first-order valence-corrected chi connectivity index (χ1v) is 7.33. The van der Waals surface area contributed by atoms with Gasteiger partial charge >= 0.3 is 0 Å². The quantitative estimate of drug-likeness (QED) is 0.740. The van der Waals surface area contributed by atoms with Gasteiger partial charge < -0.3 is 11.1 Å². The van der Waals surface area contributed by atoms with Crippen LogP contribution in [0.3, 0.4) is 0 Å². The second kappa shape index (κ2) is 4.79. The minimum Gasteiger partial charge on any atom is -0.397 e. The molecule has 0 unspecified atom stereocenters. The van der Waals surface area contributed by atoms with Crippen LogP contribution >= 0.6 is 27.3 Å². The van der Waals surface area contributed by atoms with Crippen LogP contribution in [0.4, 0.5) is 17.2 Å². The SMILES string of the molecule is Cc1c(N)cnc(Nc2ccc3ncsc3c2)c1Br. The average Bonchev–Trinajstić information content (AvgIpc) is 2.87. The van der Waals surface area contributed by atoms with Gasteiger partial charge in [-0.3, -0.25) is 0 Å². The van der Waals surface area contributed by atoms with Gasteiger partial charge in [0.25, 0.3) is 0 Å². The Hall–Kier alpha value is -1.66. The van der Waals surface area contributed by atoms with Crippen molar-refractivity contribution in [3.8, 4) is 0 Å². The highest BCUT2D eigenvalue weighted by atomic mass is 79.9. The van der Waals surface area contributed by atoms with Gasteiger partial charge in [-0.25, -0.2) is 9.97 Å². The lowest BCUT2D eigenvalue weighted by atomic mass is 10.2. The van der Waals surface area contributed by atoms with Crippen LogP contribution in [-0.2, 0) is 0 Å². The zero-order valence-corrected chi connectivity index (χ0v) is 12.5. The third kappa shape index (κ3) is 2.29. The van der Waals surface area contributed by atoms with Crippen LogP contribution in [0, 0.1) is 6.92 Å². The van der Waals surface area contributed by atoms with Gasteiger partial charge in [0.2, 0.25) is 0 Å². The van der Waals surface area contributed by atoms with Crippen LogP contribution in [0.1, 0.15) is 5.56 Å². The number of hydrogen-bond donors (Lipinski definition) is 2. The molecule has 1 aromatic carbocycles. The zero-order valence-electron chi connectivity index (χ0n) is 10.1. The fourth-order valence-electron chi connectivity index (χ4n) is 1.75. The van der Waals surface area contributed by atoms with E-state index in [9.17, 15) is 0 Å². The van der Waals surface area contributed by atoms with Gasteiger partial charge in [0, 0.05) is 5.69 Å². The second-order valence-corrected chi connectivity index (χ2v) is 5.84. The maximum absolute atomic E-state index is 5.82. The molecule has 0 aliphatic heterocycles. The highest BCUT2D eigenvalue weighted by Crippen LogP contribution is 2.31. The predicted molar refractivity (Wildman–Crippen MR) is 84.0 cm³/mol. The molecule has 96 valence electrons. The molecule has 0 aliphatic rings. The Morgan fingerprint density at radius 3 is 3.00 bits per heavy atom. The molecular formula is C13H11BrN4S. The van der Waals surface area contributed by atoms with Crippen LogP contribution in [0.2, 0.25) is 0 Å². The van der Waals surface area contributed by atoms with Crippen LogP contribution in [0.25, 0.3) is 10.2 Å². The van der Waals surface area contributed by atoms with E-state index in [4.69, 9.17) is 5.73 Å². The summed E-state index contributed by atoms with van der Waals surface area (Å²) in [5.41, 5.74) is 11.3. The number of benzene rings is 1. The van der Waals surface area contributed by atoms with Crippen LogP contribution < -0.4 is 11.1 Å². The van der Waals surface area contributed by atoms with Gasteiger partial charge in [-0.2, -0.15) is 0 Å². The van der Waals surface area contributed by atoms with Crippen molar-refractivity contribution >= 4 is 54.7 Å². The van der Waals surface area contributed by atoms with E-state index in [1.54, 1.807) is 17.5 Å². The Morgan fingerprint density at radius 2 is 2.16 bits per heavy atom. The summed E-state index contributed by atoms with van der Waals surface area (Å²) in [6.45, 7) is 1.96. The summed E-state index contributed by atoms with van der Waals surface area (Å²) in [6.07, 6.45) is 1.66. The van der Waals surface area contributed by atoms with E-state index in [0.717, 1.165) is 31.8 Å². The van der Waals surface area contributed by atoms with E-state index < -0.39 is 0 Å². The summed E-state index contributed by atoms with van der Waals surface area (Å²) in [4.78, 5) is 8.57. The molecule has 0 atom stereocenters. The summed E-state index contributed by atoms with van der Waals surface area (Å²) < 4.78 is 2.03. The van der Waals surface area contributed by atoms with Crippen molar-refractivity contribution in [3.63, 3.8) is 0 Å². The Kier molecular flexibility index (Phi) is 3.12. The highest BCUT2D eigenvalue weighted by Gasteiger charge is 2.08. The Bertz CT molecular complexity index is 753. The van der Waals surface area contributed by atoms with E-state index in [-0.39, 0.29) is 0 Å². The van der Waals surface area contributed by atoms with E-state index in [1.807, 2.05) is 24.6 Å². The predicted octanol–water partition coefficient (Wildman–Crippen LogP) is 4.09. The van der Waals surface area contributed by atoms with E-state index in [0.29, 0.717) is 5.69 Å². The second-order valence-electron chi connectivity index (χ2n) is 4.16. The van der Waals surface area contributed by atoms with E-state index in [2.05, 4.69) is 37.3 Å². The third-order valence-electron chi connectivity index (χ3n) is 2.90. The molecule has 0 spiro atoms. The van der Waals surface area contributed by atoms with Crippen molar-refractivity contribution in [2.24, 2.45) is 0 Å². The monoisotopic (exact) mass is 334 g/mol. The Morgan fingerprint density at radius 1 is 1.32 bits per heavy atom. The molecule has 6 heteroatoms. The normalized spacial score (nSPS) is 10.8. The number of rotatable bonds is 2. The number of halogens is 1. The first-order chi connectivity index (χ1) is 9.15. The maximum Gasteiger partial charge on any atom is 0.145 e. The summed E-state index contributed by atoms with van der Waals surface area (Å²) in [6, 6.07) is 6.04. The average molecular weight is 335 g/mol. The molecular weight excluding hydrogens is 324 g/mol. The van der Waals surface area contributed by atoms with Crippen LogP contribution in [0.5, 0.6) is 0 Å². The molecule has 0 saturated heterocycles. The summed E-state index contributed by atoms with van der Waals surface area (Å²) in [5.74, 6) is 0.760. The van der Waals surface area contributed by atoms with Crippen molar-refractivity contribution < 1.29 is 0 Å². The Labute approximate surface area is 122 Å². The fraction of sp³-hybridized carbons (Fsp3) is 0.0769. The number of hydrogen-bond acceptors (Lipinski definition) is 5. The first-order valence-electron chi connectivity index (χ1n) is 5.66. The lowest BCUT2D eigenvalue weighted by molar-refractivity contribution is 1.26. The van der Waals surface area contributed by atoms with Crippen molar-refractivity contribution in [3.05, 3.63) is 39.9 Å². The van der Waals surface area contributed by atoms with E-state index in [1.165, 1.54) is 0 Å². The lowest BCUT2D eigenvalue weighted by Crippen LogP contribution is -1.99. The Balaban J connectivity index is 1.98. The molecule has 0 aliphatic carbocycles. The topological polar surface area (TPSA) is 63.8 Å². The number of thiazole rings is 1. The lowest BCUT2D eigenvalue weighted by Gasteiger charge is -2.10. The molecule has 2 heterocycles. The van der Waals surface area contributed by atoms with Gasteiger partial charge in [0.05, 0.1) is 32.1 Å². The number of aromatic nitrogens is 2. The molecule has 3 rings (SSSR count). The molecule has 0 bridgehead atoms. The largest absolute Gasteiger partial charge is 0.397 e. The molecule has 4 nitrogen and oxygen atoms in total. The van der Waals surface area contributed by atoms with Crippen LogP contribution in [-0.4, -0.2) is 9.97 Å². The number of fused-ring (bicyclic) bond motifs is 1. The number of anilines is 3. The minimum absolute atomic E-state index is 0.676. The number of nitrogen functional groups attached to an aromatic ring is 1. The first kappa shape index (κ1) is 12.4. The van der Waals surface area contributed by atoms with Crippen molar-refractivity contribution in [2.75, 3.05) is 11.1 Å². The molecule has 2 aromatic heterocycles. The van der Waals surface area contributed by atoms with Gasteiger partial charge in [0.15, 0.2) is 0 Å². The molecule has 0 amide bonds. The van der Waals surface area contributed by atoms with Crippen molar-refractivity contribution in [1.82, 2.24) is 9.97 Å². The molecule has 3 aromatic rings. The fourth-order valence-corrected chi connectivity index (χ4v) is 2.90.